The van der Waals surface area contributed by atoms with Gasteiger partial charge < -0.3 is 14.2 Å². The summed E-state index contributed by atoms with van der Waals surface area (Å²) in [5.74, 6) is 1.25. The fourth-order valence-electron chi connectivity index (χ4n) is 3.25. The molecule has 0 spiro atoms. The average Bonchev–Trinajstić information content (AvgIpc) is 3.28. The number of hydrogen-bond donors (Lipinski definition) is 0. The van der Waals surface area contributed by atoms with E-state index in [2.05, 4.69) is 9.55 Å². The number of piperidine rings is 1. The van der Waals surface area contributed by atoms with Crippen molar-refractivity contribution in [1.82, 2.24) is 14.5 Å². The Morgan fingerprint density at radius 1 is 1.44 bits per heavy atom. The predicted octanol–water partition coefficient (Wildman–Crippen LogP) is 2.81. The van der Waals surface area contributed by atoms with Crippen LogP contribution in [-0.4, -0.2) is 52.9 Å². The second kappa shape index (κ2) is 7.93. The van der Waals surface area contributed by atoms with E-state index in [4.69, 9.17) is 4.74 Å². The van der Waals surface area contributed by atoms with Gasteiger partial charge >= 0.3 is 0 Å². The lowest BCUT2D eigenvalue weighted by atomic mass is 9.96. The van der Waals surface area contributed by atoms with Gasteiger partial charge in [-0.3, -0.25) is 9.59 Å². The number of hydrogen-bond acceptors (Lipinski definition) is 5. The Kier molecular flexibility index (Phi) is 5.65. The summed E-state index contributed by atoms with van der Waals surface area (Å²) in [5, 5.41) is 1.78. The van der Waals surface area contributed by atoms with E-state index in [-0.39, 0.29) is 17.6 Å². The van der Waals surface area contributed by atoms with Gasteiger partial charge in [-0.15, -0.1) is 11.3 Å². The topological polar surface area (TPSA) is 64.4 Å². The number of amides is 1. The molecule has 3 rings (SSSR count). The number of aromatic nitrogens is 2. The molecule has 0 bridgehead atoms. The van der Waals surface area contributed by atoms with Gasteiger partial charge in [-0.05, 0) is 25.8 Å². The van der Waals surface area contributed by atoms with Crippen molar-refractivity contribution in [3.05, 3.63) is 40.1 Å². The molecular weight excluding hydrogens is 338 g/mol. The maximum atomic E-state index is 12.8. The first-order valence-corrected chi connectivity index (χ1v) is 9.37. The maximum absolute atomic E-state index is 12.8. The van der Waals surface area contributed by atoms with E-state index in [1.165, 1.54) is 18.3 Å². The minimum absolute atomic E-state index is 0.000686. The Morgan fingerprint density at radius 3 is 3.00 bits per heavy atom. The minimum Gasteiger partial charge on any atom is -0.383 e. The lowest BCUT2D eigenvalue weighted by Gasteiger charge is -2.32. The van der Waals surface area contributed by atoms with Gasteiger partial charge in [0.25, 0.3) is 5.91 Å². The molecule has 6 nitrogen and oxygen atoms in total. The van der Waals surface area contributed by atoms with Crippen LogP contribution >= 0.6 is 11.3 Å². The fourth-order valence-corrected chi connectivity index (χ4v) is 4.03. The summed E-state index contributed by atoms with van der Waals surface area (Å²) in [6.07, 6.45) is 5.75. The number of thiophene rings is 1. The number of ether oxygens (including phenoxy) is 1. The van der Waals surface area contributed by atoms with E-state index < -0.39 is 0 Å². The number of carbonyl (C=O) groups excluding carboxylic acids is 2. The third kappa shape index (κ3) is 3.99. The molecule has 2 aromatic rings. The van der Waals surface area contributed by atoms with E-state index in [0.29, 0.717) is 23.6 Å². The molecule has 0 aromatic carbocycles. The summed E-state index contributed by atoms with van der Waals surface area (Å²) in [6, 6.07) is 1.71. The number of Topliss-reactive ketones (excluding diaryl/α,β-unsaturated/α-hetero) is 1. The molecule has 7 heteroatoms. The molecule has 2 aromatic heterocycles. The molecule has 1 atom stereocenters. The third-order valence-corrected chi connectivity index (χ3v) is 5.58. The maximum Gasteiger partial charge on any atom is 0.254 e. The number of carbonyl (C=O) groups is 2. The predicted molar refractivity (Wildman–Crippen MR) is 96.3 cm³/mol. The molecule has 0 saturated carbocycles. The number of ketones is 1. The van der Waals surface area contributed by atoms with E-state index in [1.54, 1.807) is 18.6 Å². The summed E-state index contributed by atoms with van der Waals surface area (Å²) < 4.78 is 7.27. The van der Waals surface area contributed by atoms with E-state index in [1.807, 2.05) is 17.3 Å². The van der Waals surface area contributed by atoms with Crippen LogP contribution in [0.3, 0.4) is 0 Å². The van der Waals surface area contributed by atoms with E-state index in [0.717, 1.165) is 31.8 Å². The van der Waals surface area contributed by atoms with Crippen LogP contribution in [0.5, 0.6) is 0 Å². The van der Waals surface area contributed by atoms with Crippen LogP contribution in [-0.2, 0) is 11.3 Å². The highest BCUT2D eigenvalue weighted by Crippen LogP contribution is 2.27. The normalized spacial score (nSPS) is 17.7. The number of imidazole rings is 1. The molecule has 0 radical (unpaired) electrons. The van der Waals surface area contributed by atoms with Gasteiger partial charge in [-0.1, -0.05) is 0 Å². The zero-order valence-electron chi connectivity index (χ0n) is 14.6. The van der Waals surface area contributed by atoms with Crippen LogP contribution in [0.15, 0.2) is 23.8 Å². The van der Waals surface area contributed by atoms with E-state index in [9.17, 15) is 9.59 Å². The second-order valence-electron chi connectivity index (χ2n) is 6.32. The zero-order chi connectivity index (χ0) is 17.8. The first-order valence-electron chi connectivity index (χ1n) is 8.49. The number of likely N-dealkylation sites (tertiary alicyclic amines) is 1. The standard InChI is InChI=1S/C18H23N3O3S/c1-13(22)16-10-15(12-25-16)18(23)21-6-3-4-14(11-21)17-19-5-7-20(17)8-9-24-2/h5,7,10,12,14H,3-4,6,8-9,11H2,1-2H3/t14-/m1/s1. The summed E-state index contributed by atoms with van der Waals surface area (Å²) >= 11 is 1.33. The van der Waals surface area contributed by atoms with Crippen molar-refractivity contribution in [2.24, 2.45) is 0 Å². The van der Waals surface area contributed by atoms with Gasteiger partial charge in [-0.2, -0.15) is 0 Å². The van der Waals surface area contributed by atoms with Crippen LogP contribution in [0, 0.1) is 0 Å². The molecule has 1 fully saturated rings. The average molecular weight is 361 g/mol. The number of rotatable bonds is 6. The molecule has 25 heavy (non-hydrogen) atoms. The first kappa shape index (κ1) is 17.8. The Hall–Kier alpha value is -1.99. The second-order valence-corrected chi connectivity index (χ2v) is 7.23. The lowest BCUT2D eigenvalue weighted by molar-refractivity contribution is 0.0703. The molecule has 0 unspecified atom stereocenters. The van der Waals surface area contributed by atoms with Crippen molar-refractivity contribution in [3.8, 4) is 0 Å². The molecule has 1 saturated heterocycles. The Bertz CT molecular complexity index is 752. The minimum atomic E-state index is 0.000686. The Labute approximate surface area is 151 Å². The zero-order valence-corrected chi connectivity index (χ0v) is 15.4. The fraction of sp³-hybridized carbons (Fsp3) is 0.500. The van der Waals surface area contributed by atoms with Crippen molar-refractivity contribution >= 4 is 23.0 Å². The molecule has 3 heterocycles. The number of methoxy groups -OCH3 is 1. The van der Waals surface area contributed by atoms with Crippen LogP contribution in [0.2, 0.25) is 0 Å². The summed E-state index contributed by atoms with van der Waals surface area (Å²) in [4.78, 5) is 31.3. The van der Waals surface area contributed by atoms with Crippen molar-refractivity contribution in [1.29, 1.82) is 0 Å². The Balaban J connectivity index is 1.71. The van der Waals surface area contributed by atoms with Gasteiger partial charge in [0.05, 0.1) is 17.0 Å². The molecule has 134 valence electrons. The lowest BCUT2D eigenvalue weighted by Crippen LogP contribution is -2.39. The molecule has 1 amide bonds. The smallest absolute Gasteiger partial charge is 0.254 e. The first-order chi connectivity index (χ1) is 12.1. The van der Waals surface area contributed by atoms with Gasteiger partial charge in [0.15, 0.2) is 5.78 Å². The van der Waals surface area contributed by atoms with Gasteiger partial charge in [0, 0.05) is 50.4 Å². The molecule has 0 N–H and O–H groups in total. The SMILES string of the molecule is COCCn1ccnc1[C@@H]1CCCN(C(=O)c2csc(C(C)=O)c2)C1. The highest BCUT2D eigenvalue weighted by molar-refractivity contribution is 7.12. The van der Waals surface area contributed by atoms with Gasteiger partial charge in [0.1, 0.15) is 5.82 Å². The van der Waals surface area contributed by atoms with Gasteiger partial charge in [0.2, 0.25) is 0 Å². The molecule has 1 aliphatic rings. The highest BCUT2D eigenvalue weighted by Gasteiger charge is 2.28. The largest absolute Gasteiger partial charge is 0.383 e. The molecule has 1 aliphatic heterocycles. The van der Waals surface area contributed by atoms with Crippen molar-refractivity contribution < 1.29 is 14.3 Å². The van der Waals surface area contributed by atoms with Crippen LogP contribution in [0.25, 0.3) is 0 Å². The van der Waals surface area contributed by atoms with Crippen LogP contribution in [0.4, 0.5) is 0 Å². The highest BCUT2D eigenvalue weighted by atomic mass is 32.1. The van der Waals surface area contributed by atoms with Crippen LogP contribution < -0.4 is 0 Å². The van der Waals surface area contributed by atoms with Gasteiger partial charge in [-0.25, -0.2) is 4.98 Å². The van der Waals surface area contributed by atoms with Crippen molar-refractivity contribution in [3.63, 3.8) is 0 Å². The number of nitrogens with zero attached hydrogens (tertiary/aromatic N) is 3. The Morgan fingerprint density at radius 2 is 2.28 bits per heavy atom. The third-order valence-electron chi connectivity index (χ3n) is 4.55. The van der Waals surface area contributed by atoms with Crippen LogP contribution in [0.1, 0.15) is 51.5 Å². The quantitative estimate of drug-likeness (QED) is 0.742. The molecule has 0 aliphatic carbocycles. The summed E-state index contributed by atoms with van der Waals surface area (Å²) in [7, 11) is 1.69. The monoisotopic (exact) mass is 361 g/mol. The van der Waals surface area contributed by atoms with E-state index >= 15 is 0 Å². The summed E-state index contributed by atoms with van der Waals surface area (Å²) in [5.41, 5.74) is 0.610. The van der Waals surface area contributed by atoms with Crippen molar-refractivity contribution in [2.75, 3.05) is 26.8 Å². The molecular formula is C18H23N3O3S. The van der Waals surface area contributed by atoms with Crippen molar-refractivity contribution in [2.45, 2.75) is 32.2 Å². The summed E-state index contributed by atoms with van der Waals surface area (Å²) in [6.45, 7) is 4.34.